The Morgan fingerprint density at radius 1 is 0.788 bits per heavy atom. The Kier molecular flexibility index (Phi) is 5.91. The van der Waals surface area contributed by atoms with Crippen molar-refractivity contribution in [1.82, 2.24) is 4.57 Å². The van der Waals surface area contributed by atoms with E-state index in [1.807, 2.05) is 30.3 Å². The van der Waals surface area contributed by atoms with Gasteiger partial charge in [-0.15, -0.1) is 0 Å². The molecule has 8 heteroatoms. The summed E-state index contributed by atoms with van der Waals surface area (Å²) in [6.45, 7) is 0.333. The van der Waals surface area contributed by atoms with Crippen LogP contribution in [-0.4, -0.2) is 38.1 Å². The molecule has 1 aromatic heterocycles. The van der Waals surface area contributed by atoms with Crippen molar-refractivity contribution in [3.63, 3.8) is 0 Å². The Labute approximate surface area is 190 Å². The molecule has 33 heavy (non-hydrogen) atoms. The SMILES string of the molecule is COc1c(OC)c(OC)c2c(c1O)c(=O)c1ccc(OCc3ccccc3)c(OC)c1n2C. The molecule has 4 aromatic rings. The predicted octanol–water partition coefficient (Wildman–Crippen LogP) is 4.01. The summed E-state index contributed by atoms with van der Waals surface area (Å²) >= 11 is 0. The molecular formula is C25H25NO7. The van der Waals surface area contributed by atoms with Gasteiger partial charge in [-0.3, -0.25) is 4.79 Å². The first kappa shape index (κ1) is 22.1. The number of aromatic hydroxyl groups is 1. The van der Waals surface area contributed by atoms with Crippen molar-refractivity contribution in [1.29, 1.82) is 0 Å². The van der Waals surface area contributed by atoms with Gasteiger partial charge in [0.25, 0.3) is 0 Å². The van der Waals surface area contributed by atoms with Crippen molar-refractivity contribution in [2.45, 2.75) is 6.61 Å². The zero-order valence-corrected chi connectivity index (χ0v) is 19.1. The van der Waals surface area contributed by atoms with Crippen molar-refractivity contribution in [2.75, 3.05) is 28.4 Å². The van der Waals surface area contributed by atoms with E-state index >= 15 is 0 Å². The fourth-order valence-corrected chi connectivity index (χ4v) is 4.12. The molecule has 3 aromatic carbocycles. The van der Waals surface area contributed by atoms with Crippen LogP contribution in [0.3, 0.4) is 0 Å². The van der Waals surface area contributed by atoms with Gasteiger partial charge in [0, 0.05) is 7.05 Å². The molecule has 0 saturated carbocycles. The van der Waals surface area contributed by atoms with Gasteiger partial charge < -0.3 is 33.4 Å². The van der Waals surface area contributed by atoms with Gasteiger partial charge in [0.2, 0.25) is 16.9 Å². The second kappa shape index (κ2) is 8.82. The number of aryl methyl sites for hydroxylation is 1. The van der Waals surface area contributed by atoms with E-state index in [4.69, 9.17) is 23.7 Å². The number of benzene rings is 3. The third-order valence-corrected chi connectivity index (χ3v) is 5.61. The largest absolute Gasteiger partial charge is 0.504 e. The van der Waals surface area contributed by atoms with Crippen LogP contribution in [0, 0.1) is 0 Å². The maximum atomic E-state index is 13.5. The van der Waals surface area contributed by atoms with E-state index in [-0.39, 0.29) is 28.4 Å². The summed E-state index contributed by atoms with van der Waals surface area (Å²) < 4.78 is 29.8. The van der Waals surface area contributed by atoms with Gasteiger partial charge in [-0.25, -0.2) is 0 Å². The minimum Gasteiger partial charge on any atom is -0.504 e. The lowest BCUT2D eigenvalue weighted by Crippen LogP contribution is -2.13. The van der Waals surface area contributed by atoms with Crippen molar-refractivity contribution >= 4 is 21.8 Å². The summed E-state index contributed by atoms with van der Waals surface area (Å²) in [5, 5.41) is 11.3. The number of rotatable bonds is 7. The molecule has 172 valence electrons. The number of pyridine rings is 1. The molecular weight excluding hydrogens is 426 g/mol. The number of ether oxygens (including phenoxy) is 5. The van der Waals surface area contributed by atoms with Gasteiger partial charge in [0.05, 0.1) is 44.7 Å². The molecule has 0 aliphatic rings. The number of phenolic OH excluding ortho intramolecular Hbond substituents is 1. The van der Waals surface area contributed by atoms with Crippen molar-refractivity contribution in [3.8, 4) is 34.5 Å². The zero-order valence-electron chi connectivity index (χ0n) is 19.1. The monoisotopic (exact) mass is 451 g/mol. The van der Waals surface area contributed by atoms with Gasteiger partial charge in [0.1, 0.15) is 12.1 Å². The normalized spacial score (nSPS) is 10.9. The Hall–Kier alpha value is -4.07. The second-order valence-electron chi connectivity index (χ2n) is 7.33. The highest BCUT2D eigenvalue weighted by atomic mass is 16.5. The van der Waals surface area contributed by atoms with Crippen LogP contribution >= 0.6 is 0 Å². The molecule has 1 heterocycles. The van der Waals surface area contributed by atoms with E-state index in [1.54, 1.807) is 23.7 Å². The minimum absolute atomic E-state index is 0.0214. The van der Waals surface area contributed by atoms with Crippen molar-refractivity contribution in [3.05, 3.63) is 58.3 Å². The lowest BCUT2D eigenvalue weighted by Gasteiger charge is -2.21. The second-order valence-corrected chi connectivity index (χ2v) is 7.33. The average Bonchev–Trinajstić information content (AvgIpc) is 2.85. The zero-order chi connectivity index (χ0) is 23.7. The summed E-state index contributed by atoms with van der Waals surface area (Å²) in [6.07, 6.45) is 0. The molecule has 1 N–H and O–H groups in total. The van der Waals surface area contributed by atoms with Crippen LogP contribution in [0.2, 0.25) is 0 Å². The molecule has 0 saturated heterocycles. The molecule has 4 rings (SSSR count). The maximum Gasteiger partial charge on any atom is 0.209 e. The first-order valence-electron chi connectivity index (χ1n) is 10.2. The molecule has 8 nitrogen and oxygen atoms in total. The maximum absolute atomic E-state index is 13.5. The number of phenols is 1. The van der Waals surface area contributed by atoms with E-state index in [9.17, 15) is 9.90 Å². The first-order chi connectivity index (χ1) is 16.0. The highest BCUT2D eigenvalue weighted by molar-refractivity contribution is 6.04. The van der Waals surface area contributed by atoms with Gasteiger partial charge in [-0.2, -0.15) is 0 Å². The van der Waals surface area contributed by atoms with E-state index < -0.39 is 5.43 Å². The number of hydrogen-bond donors (Lipinski definition) is 1. The van der Waals surface area contributed by atoms with Crippen LogP contribution < -0.4 is 29.1 Å². The van der Waals surface area contributed by atoms with Crippen molar-refractivity contribution in [2.24, 2.45) is 7.05 Å². The van der Waals surface area contributed by atoms with Crippen LogP contribution in [0.4, 0.5) is 0 Å². The van der Waals surface area contributed by atoms with Crippen molar-refractivity contribution < 1.29 is 28.8 Å². The minimum atomic E-state index is -0.400. The molecule has 0 aliphatic heterocycles. The Morgan fingerprint density at radius 3 is 2.03 bits per heavy atom. The average molecular weight is 451 g/mol. The van der Waals surface area contributed by atoms with E-state index in [1.165, 1.54) is 28.4 Å². The highest BCUT2D eigenvalue weighted by Gasteiger charge is 2.28. The third kappa shape index (κ3) is 3.44. The van der Waals surface area contributed by atoms with Gasteiger partial charge in [-0.1, -0.05) is 30.3 Å². The molecule has 0 unspecified atom stereocenters. The standard InChI is InChI=1S/C25H25NO7/c1-26-18-15(11-12-16(22(18)29-2)33-13-14-9-7-6-8-10-14)20(27)17-19(26)23(30-3)25(32-5)24(31-4)21(17)28/h6-12,28H,13H2,1-5H3. The molecule has 0 amide bonds. The Bertz CT molecular complexity index is 1390. The smallest absolute Gasteiger partial charge is 0.209 e. The number of aromatic nitrogens is 1. The summed E-state index contributed by atoms with van der Waals surface area (Å²) in [6, 6.07) is 13.1. The third-order valence-electron chi connectivity index (χ3n) is 5.61. The van der Waals surface area contributed by atoms with Gasteiger partial charge >= 0.3 is 0 Å². The Balaban J connectivity index is 2.05. The molecule has 0 atom stereocenters. The molecule has 0 bridgehead atoms. The molecule has 0 radical (unpaired) electrons. The quantitative estimate of drug-likeness (QED) is 0.425. The lowest BCUT2D eigenvalue weighted by molar-refractivity contribution is 0.285. The number of methoxy groups -OCH3 is 4. The highest BCUT2D eigenvalue weighted by Crippen LogP contribution is 2.50. The van der Waals surface area contributed by atoms with Gasteiger partial charge in [0.15, 0.2) is 23.0 Å². The molecule has 0 fully saturated rings. The lowest BCUT2D eigenvalue weighted by atomic mass is 10.1. The van der Waals surface area contributed by atoms with Gasteiger partial charge in [-0.05, 0) is 17.7 Å². The van der Waals surface area contributed by atoms with E-state index in [2.05, 4.69) is 0 Å². The summed E-state index contributed by atoms with van der Waals surface area (Å²) in [4.78, 5) is 13.5. The number of hydrogen-bond acceptors (Lipinski definition) is 7. The predicted molar refractivity (Wildman–Crippen MR) is 125 cm³/mol. The van der Waals surface area contributed by atoms with Crippen LogP contribution in [-0.2, 0) is 13.7 Å². The fraction of sp³-hybridized carbons (Fsp3) is 0.240. The van der Waals surface area contributed by atoms with E-state index in [0.717, 1.165) is 5.56 Å². The first-order valence-corrected chi connectivity index (χ1v) is 10.2. The summed E-state index contributed by atoms with van der Waals surface area (Å²) in [5.74, 6) is 0.994. The van der Waals surface area contributed by atoms with E-state index in [0.29, 0.717) is 34.5 Å². The van der Waals surface area contributed by atoms with Crippen LogP contribution in [0.5, 0.6) is 34.5 Å². The fourth-order valence-electron chi connectivity index (χ4n) is 4.12. The van der Waals surface area contributed by atoms with Crippen LogP contribution in [0.1, 0.15) is 5.56 Å². The van der Waals surface area contributed by atoms with Crippen LogP contribution in [0.25, 0.3) is 21.8 Å². The Morgan fingerprint density at radius 2 is 1.42 bits per heavy atom. The summed E-state index contributed by atoms with van der Waals surface area (Å²) in [7, 11) is 7.54. The number of nitrogens with zero attached hydrogens (tertiary/aromatic N) is 1. The topological polar surface area (TPSA) is 88.4 Å². The van der Waals surface area contributed by atoms with Crippen LogP contribution in [0.15, 0.2) is 47.3 Å². The number of fused-ring (bicyclic) bond motifs is 2. The molecule has 0 spiro atoms. The summed E-state index contributed by atoms with van der Waals surface area (Å²) in [5.41, 5.74) is 1.42. The molecule has 0 aliphatic carbocycles.